The molecule has 0 aromatic heterocycles. The number of rotatable bonds is 10. The number of carbonyl (C=O) groups is 6. The molecule has 42 heavy (non-hydrogen) atoms. The number of hydrogen-bond donors (Lipinski definition) is 4. The molecule has 3 fully saturated rings. The van der Waals surface area contributed by atoms with Crippen LogP contribution in [0.25, 0.3) is 0 Å². The highest BCUT2D eigenvalue weighted by Crippen LogP contribution is 2.31. The topological polar surface area (TPSA) is 171 Å². The summed E-state index contributed by atoms with van der Waals surface area (Å²) in [6.45, 7) is 12.7. The van der Waals surface area contributed by atoms with E-state index in [1.807, 2.05) is 41.5 Å². The third kappa shape index (κ3) is 8.22. The molecule has 0 spiro atoms. The van der Waals surface area contributed by atoms with E-state index in [4.69, 9.17) is 5.73 Å². The van der Waals surface area contributed by atoms with Crippen molar-refractivity contribution in [2.45, 2.75) is 117 Å². The molecule has 6 amide bonds. The van der Waals surface area contributed by atoms with E-state index in [0.29, 0.717) is 38.9 Å². The van der Waals surface area contributed by atoms with Crippen molar-refractivity contribution in [2.75, 3.05) is 19.6 Å². The number of nitrogens with one attached hydrogen (secondary N) is 3. The molecule has 3 rings (SSSR count). The van der Waals surface area contributed by atoms with E-state index in [2.05, 4.69) is 16.0 Å². The van der Waals surface area contributed by atoms with Gasteiger partial charge in [-0.2, -0.15) is 0 Å². The molecule has 2 heterocycles. The number of urea groups is 1. The van der Waals surface area contributed by atoms with Crippen LogP contribution in [0.15, 0.2) is 0 Å². The maximum atomic E-state index is 13.9. The lowest BCUT2D eigenvalue weighted by Crippen LogP contribution is -2.62. The Hall–Kier alpha value is -3.18. The smallest absolute Gasteiger partial charge is 0.316 e. The number of ketones is 1. The van der Waals surface area contributed by atoms with Gasteiger partial charge >= 0.3 is 6.03 Å². The van der Waals surface area contributed by atoms with E-state index in [0.717, 1.165) is 32.1 Å². The van der Waals surface area contributed by atoms with Gasteiger partial charge in [-0.25, -0.2) is 4.79 Å². The Balaban J connectivity index is 1.73. The van der Waals surface area contributed by atoms with E-state index in [1.54, 1.807) is 4.90 Å². The van der Waals surface area contributed by atoms with Crippen molar-refractivity contribution < 1.29 is 28.8 Å². The van der Waals surface area contributed by atoms with E-state index in [-0.39, 0.29) is 11.8 Å². The summed E-state index contributed by atoms with van der Waals surface area (Å²) in [7, 11) is 0. The fourth-order valence-corrected chi connectivity index (χ4v) is 5.92. The summed E-state index contributed by atoms with van der Waals surface area (Å²) in [6.07, 6.45) is 6.04. The van der Waals surface area contributed by atoms with E-state index in [1.165, 1.54) is 4.90 Å². The van der Waals surface area contributed by atoms with Crippen LogP contribution in [-0.2, 0) is 24.0 Å². The van der Waals surface area contributed by atoms with Crippen molar-refractivity contribution in [3.05, 3.63) is 0 Å². The van der Waals surface area contributed by atoms with Gasteiger partial charge in [-0.15, -0.1) is 0 Å². The summed E-state index contributed by atoms with van der Waals surface area (Å²) in [5, 5.41) is 8.32. The number of primary amides is 1. The molecule has 1 aliphatic carbocycles. The van der Waals surface area contributed by atoms with Gasteiger partial charge in [0.25, 0.3) is 5.91 Å². The first-order chi connectivity index (χ1) is 19.5. The van der Waals surface area contributed by atoms with Crippen molar-refractivity contribution in [1.29, 1.82) is 0 Å². The molecule has 1 saturated carbocycles. The summed E-state index contributed by atoms with van der Waals surface area (Å²) in [5.74, 6) is -2.78. The molecule has 4 unspecified atom stereocenters. The number of carbonyl (C=O) groups excluding carboxylic acids is 6. The number of hydrogen-bond acceptors (Lipinski definition) is 6. The predicted octanol–water partition coefficient (Wildman–Crippen LogP) is 1.46. The van der Waals surface area contributed by atoms with Gasteiger partial charge in [0.15, 0.2) is 0 Å². The van der Waals surface area contributed by atoms with Crippen molar-refractivity contribution in [1.82, 2.24) is 25.8 Å². The zero-order chi connectivity index (χ0) is 31.4. The molecule has 0 aromatic carbocycles. The standard InChI is InChI=1S/C30H50N6O6/c1-29(2,3)22(26(40)35-14-7-8-15-35)33-28(42)34-23(30(4,5)6)27(41)36-16-10-13-20(36)25(39)32-19(21(37)24(31)38)17-18-11-9-12-18/h18-20,22-23H,7-17H2,1-6H3,(H2,31,38)(H,32,39)(H2,33,34,42). The van der Waals surface area contributed by atoms with Gasteiger partial charge in [0.05, 0.1) is 6.04 Å². The quantitative estimate of drug-likeness (QED) is 0.281. The SMILES string of the molecule is CC(C)(C)C(NC(=O)NC(C(=O)N1CCCC1C(=O)NC(CC1CCC1)C(=O)C(N)=O)C(C)(C)C)C(=O)N1CCCC1. The first-order valence-corrected chi connectivity index (χ1v) is 15.3. The molecular formula is C30H50N6O6. The van der Waals surface area contributed by atoms with Crippen LogP contribution in [0.2, 0.25) is 0 Å². The molecule has 2 saturated heterocycles. The van der Waals surface area contributed by atoms with E-state index >= 15 is 0 Å². The highest BCUT2D eigenvalue weighted by atomic mass is 16.2. The second-order valence-electron chi connectivity index (χ2n) is 14.3. The van der Waals surface area contributed by atoms with E-state index in [9.17, 15) is 28.8 Å². The molecule has 3 aliphatic rings. The number of nitrogens with two attached hydrogens (primary N) is 1. The zero-order valence-electron chi connectivity index (χ0n) is 26.1. The van der Waals surface area contributed by atoms with Crippen LogP contribution in [-0.4, -0.2) is 89.0 Å². The van der Waals surface area contributed by atoms with Crippen molar-refractivity contribution in [3.8, 4) is 0 Å². The Morgan fingerprint density at radius 3 is 1.76 bits per heavy atom. The van der Waals surface area contributed by atoms with Crippen LogP contribution in [0.4, 0.5) is 4.79 Å². The summed E-state index contributed by atoms with van der Waals surface area (Å²) in [6, 6.07) is -4.29. The minimum atomic E-state index is -1.10. The minimum Gasteiger partial charge on any atom is -0.363 e. The van der Waals surface area contributed by atoms with Gasteiger partial charge in [0.2, 0.25) is 23.5 Å². The van der Waals surface area contributed by atoms with Crippen LogP contribution in [0.5, 0.6) is 0 Å². The Morgan fingerprint density at radius 2 is 1.29 bits per heavy atom. The molecule has 5 N–H and O–H groups in total. The molecule has 0 aromatic rings. The van der Waals surface area contributed by atoms with Gasteiger partial charge < -0.3 is 31.5 Å². The number of likely N-dealkylation sites (tertiary alicyclic amines) is 2. The van der Waals surface area contributed by atoms with Gasteiger partial charge in [-0.1, -0.05) is 60.8 Å². The van der Waals surface area contributed by atoms with Gasteiger partial charge in [-0.3, -0.25) is 24.0 Å². The average Bonchev–Trinajstić information content (AvgIpc) is 3.57. The van der Waals surface area contributed by atoms with Crippen molar-refractivity contribution in [2.24, 2.45) is 22.5 Å². The average molecular weight is 591 g/mol. The number of Topliss-reactive ketones (excluding diaryl/α,β-unsaturated/α-hetero) is 1. The third-order valence-electron chi connectivity index (χ3n) is 8.70. The van der Waals surface area contributed by atoms with Gasteiger partial charge in [-0.05, 0) is 48.9 Å². The predicted molar refractivity (Wildman–Crippen MR) is 157 cm³/mol. The highest BCUT2D eigenvalue weighted by molar-refractivity contribution is 6.37. The van der Waals surface area contributed by atoms with Crippen LogP contribution >= 0.6 is 0 Å². The van der Waals surface area contributed by atoms with E-state index < -0.39 is 64.5 Å². The monoisotopic (exact) mass is 590 g/mol. The molecule has 12 nitrogen and oxygen atoms in total. The molecule has 2 aliphatic heterocycles. The maximum Gasteiger partial charge on any atom is 0.316 e. The largest absolute Gasteiger partial charge is 0.363 e. The van der Waals surface area contributed by atoms with Crippen LogP contribution in [0.1, 0.15) is 92.9 Å². The molecule has 12 heteroatoms. The highest BCUT2D eigenvalue weighted by Gasteiger charge is 2.44. The Bertz CT molecular complexity index is 1050. The lowest BCUT2D eigenvalue weighted by atomic mass is 9.80. The van der Waals surface area contributed by atoms with Gasteiger partial charge in [0.1, 0.15) is 18.1 Å². The summed E-state index contributed by atoms with van der Waals surface area (Å²) in [4.78, 5) is 81.2. The molecule has 236 valence electrons. The molecular weight excluding hydrogens is 540 g/mol. The molecule has 0 radical (unpaired) electrons. The fraction of sp³-hybridized carbons (Fsp3) is 0.800. The van der Waals surface area contributed by atoms with Crippen LogP contribution < -0.4 is 21.7 Å². The number of amides is 6. The van der Waals surface area contributed by atoms with Crippen molar-refractivity contribution >= 4 is 35.4 Å². The Morgan fingerprint density at radius 1 is 0.738 bits per heavy atom. The summed E-state index contributed by atoms with van der Waals surface area (Å²) in [5.41, 5.74) is 3.97. The Labute approximate surface area is 249 Å². The Kier molecular flexibility index (Phi) is 10.6. The minimum absolute atomic E-state index is 0.146. The van der Waals surface area contributed by atoms with Crippen LogP contribution in [0.3, 0.4) is 0 Å². The third-order valence-corrected chi connectivity index (χ3v) is 8.70. The second kappa shape index (κ2) is 13.4. The molecule has 4 atom stereocenters. The number of nitrogens with zero attached hydrogens (tertiary/aromatic N) is 2. The first kappa shape index (κ1) is 33.3. The normalized spacial score (nSPS) is 21.6. The van der Waals surface area contributed by atoms with Crippen molar-refractivity contribution in [3.63, 3.8) is 0 Å². The summed E-state index contributed by atoms with van der Waals surface area (Å²) < 4.78 is 0. The second-order valence-corrected chi connectivity index (χ2v) is 14.3. The first-order valence-electron chi connectivity index (χ1n) is 15.3. The van der Waals surface area contributed by atoms with Crippen LogP contribution in [0, 0.1) is 16.7 Å². The lowest BCUT2D eigenvalue weighted by Gasteiger charge is -2.37. The summed E-state index contributed by atoms with van der Waals surface area (Å²) >= 11 is 0. The molecule has 0 bridgehead atoms. The maximum absolute atomic E-state index is 13.9. The van der Waals surface area contributed by atoms with Gasteiger partial charge in [0, 0.05) is 19.6 Å². The zero-order valence-corrected chi connectivity index (χ0v) is 26.1. The fourth-order valence-electron chi connectivity index (χ4n) is 5.92. The lowest BCUT2D eigenvalue weighted by molar-refractivity contribution is -0.143.